The summed E-state index contributed by atoms with van der Waals surface area (Å²) < 4.78 is 4.95. The third kappa shape index (κ3) is 4.67. The number of carbonyl (C=O) groups is 2. The van der Waals surface area contributed by atoms with E-state index >= 15 is 0 Å². The van der Waals surface area contributed by atoms with Gasteiger partial charge in [-0.25, -0.2) is 4.98 Å². The van der Waals surface area contributed by atoms with Gasteiger partial charge in [0.2, 0.25) is 11.8 Å². The van der Waals surface area contributed by atoms with Crippen LogP contribution in [0.15, 0.2) is 34.9 Å². The number of amides is 2. The minimum atomic E-state index is -0.373. The summed E-state index contributed by atoms with van der Waals surface area (Å²) in [6.07, 6.45) is 1.95. The molecule has 1 aliphatic heterocycles. The van der Waals surface area contributed by atoms with E-state index in [0.717, 1.165) is 36.2 Å². The number of aromatic amines is 1. The minimum absolute atomic E-state index is 0.0535. The maximum Gasteiger partial charge on any atom is 0.238 e. The van der Waals surface area contributed by atoms with Gasteiger partial charge in [-0.3, -0.25) is 9.59 Å². The Kier molecular flexibility index (Phi) is 6.08. The second-order valence-electron chi connectivity index (χ2n) is 7.58. The van der Waals surface area contributed by atoms with Crippen LogP contribution < -0.4 is 5.32 Å². The number of hydrogen-bond donors (Lipinski definition) is 2. The summed E-state index contributed by atoms with van der Waals surface area (Å²) in [6, 6.07) is 9.62. The van der Waals surface area contributed by atoms with E-state index in [-0.39, 0.29) is 28.7 Å². The number of anilines is 1. The van der Waals surface area contributed by atoms with Crippen molar-refractivity contribution in [3.8, 4) is 0 Å². The number of thioether (sulfide) groups is 1. The Hall–Kier alpha value is -2.81. The average Bonchev–Trinajstić information content (AvgIpc) is 3.37. The van der Waals surface area contributed by atoms with Crippen molar-refractivity contribution in [1.29, 1.82) is 0 Å². The number of benzene rings is 1. The van der Waals surface area contributed by atoms with Gasteiger partial charge in [0.1, 0.15) is 11.6 Å². The first-order valence-electron chi connectivity index (χ1n) is 10.1. The molecule has 2 aromatic heterocycles. The number of hydrogen-bond acceptors (Lipinski definition) is 6. The van der Waals surface area contributed by atoms with Crippen LogP contribution in [0, 0.1) is 6.92 Å². The van der Waals surface area contributed by atoms with E-state index in [2.05, 4.69) is 15.5 Å². The highest BCUT2D eigenvalue weighted by Crippen LogP contribution is 2.27. The largest absolute Gasteiger partial charge is 0.360 e. The standard InChI is InChI=1S/C21H25N5O3S/c1-13-10-18(25-29-13)24-21(28)14(2)30-12-19(27)26-9-5-6-15(11-26)20-22-16-7-3-4-8-17(16)23-20/h3-4,7-8,10,14-15H,5-6,9,11-12H2,1-2H3,(H,22,23)(H,24,25,28). The first-order chi connectivity index (χ1) is 14.5. The van der Waals surface area contributed by atoms with E-state index in [1.54, 1.807) is 19.9 Å². The lowest BCUT2D eigenvalue weighted by Crippen LogP contribution is -2.40. The van der Waals surface area contributed by atoms with Crippen molar-refractivity contribution in [3.63, 3.8) is 0 Å². The normalized spacial score (nSPS) is 17.8. The summed E-state index contributed by atoms with van der Waals surface area (Å²) in [5.41, 5.74) is 1.97. The topological polar surface area (TPSA) is 104 Å². The second kappa shape index (κ2) is 8.91. The fourth-order valence-corrected chi connectivity index (χ4v) is 4.39. The molecule has 1 aliphatic rings. The van der Waals surface area contributed by atoms with Gasteiger partial charge in [0.25, 0.3) is 0 Å². The predicted octanol–water partition coefficient (Wildman–Crippen LogP) is 3.33. The Balaban J connectivity index is 1.30. The van der Waals surface area contributed by atoms with E-state index in [1.165, 1.54) is 11.8 Å². The van der Waals surface area contributed by atoms with Gasteiger partial charge in [0.15, 0.2) is 5.82 Å². The molecular weight excluding hydrogens is 402 g/mol. The Morgan fingerprint density at radius 3 is 3.00 bits per heavy atom. The summed E-state index contributed by atoms with van der Waals surface area (Å²) in [5, 5.41) is 6.09. The molecule has 158 valence electrons. The van der Waals surface area contributed by atoms with Crippen LogP contribution in [0.4, 0.5) is 5.82 Å². The monoisotopic (exact) mass is 427 g/mol. The number of piperidine rings is 1. The average molecular weight is 428 g/mol. The molecule has 0 spiro atoms. The molecule has 2 unspecified atom stereocenters. The number of likely N-dealkylation sites (tertiary alicyclic amines) is 1. The molecule has 1 fully saturated rings. The maximum absolute atomic E-state index is 12.8. The Bertz CT molecular complexity index is 1010. The van der Waals surface area contributed by atoms with Crippen LogP contribution in [-0.2, 0) is 9.59 Å². The van der Waals surface area contributed by atoms with Gasteiger partial charge >= 0.3 is 0 Å². The minimum Gasteiger partial charge on any atom is -0.360 e. The van der Waals surface area contributed by atoms with E-state index < -0.39 is 0 Å². The highest BCUT2D eigenvalue weighted by Gasteiger charge is 2.27. The highest BCUT2D eigenvalue weighted by molar-refractivity contribution is 8.01. The molecule has 4 rings (SSSR count). The van der Waals surface area contributed by atoms with Gasteiger partial charge < -0.3 is 19.7 Å². The molecule has 3 aromatic rings. The van der Waals surface area contributed by atoms with Gasteiger partial charge in [0.05, 0.1) is 22.0 Å². The lowest BCUT2D eigenvalue weighted by atomic mass is 9.97. The summed E-state index contributed by atoms with van der Waals surface area (Å²) >= 11 is 1.33. The van der Waals surface area contributed by atoms with Crippen LogP contribution in [0.1, 0.15) is 37.3 Å². The number of rotatable bonds is 6. The molecule has 2 atom stereocenters. The number of imidazole rings is 1. The first-order valence-corrected chi connectivity index (χ1v) is 11.1. The molecular formula is C21H25N5O3S. The van der Waals surface area contributed by atoms with Crippen LogP contribution >= 0.6 is 11.8 Å². The number of aryl methyl sites for hydroxylation is 1. The zero-order valence-electron chi connectivity index (χ0n) is 17.1. The van der Waals surface area contributed by atoms with E-state index in [1.807, 2.05) is 29.2 Å². The smallest absolute Gasteiger partial charge is 0.238 e. The molecule has 2 amide bonds. The summed E-state index contributed by atoms with van der Waals surface area (Å²) in [5.74, 6) is 2.29. The van der Waals surface area contributed by atoms with Gasteiger partial charge in [0, 0.05) is 25.1 Å². The van der Waals surface area contributed by atoms with Gasteiger partial charge in [-0.15, -0.1) is 11.8 Å². The van der Waals surface area contributed by atoms with Gasteiger partial charge in [-0.1, -0.05) is 17.3 Å². The summed E-state index contributed by atoms with van der Waals surface area (Å²) in [7, 11) is 0. The van der Waals surface area contributed by atoms with Crippen molar-refractivity contribution in [3.05, 3.63) is 41.9 Å². The van der Waals surface area contributed by atoms with Crippen molar-refractivity contribution in [2.24, 2.45) is 0 Å². The number of fused-ring (bicyclic) bond motifs is 1. The molecule has 0 saturated carbocycles. The number of nitrogens with one attached hydrogen (secondary N) is 2. The molecule has 0 bridgehead atoms. The number of para-hydroxylation sites is 2. The Labute approximate surface area is 178 Å². The summed E-state index contributed by atoms with van der Waals surface area (Å²) in [6.45, 7) is 4.94. The predicted molar refractivity (Wildman–Crippen MR) is 116 cm³/mol. The first kappa shape index (κ1) is 20.5. The lowest BCUT2D eigenvalue weighted by molar-refractivity contribution is -0.129. The fourth-order valence-electron chi connectivity index (χ4n) is 3.61. The number of nitrogens with zero attached hydrogens (tertiary/aromatic N) is 3. The van der Waals surface area contributed by atoms with Crippen molar-refractivity contribution < 1.29 is 14.1 Å². The lowest BCUT2D eigenvalue weighted by Gasteiger charge is -2.32. The molecule has 9 heteroatoms. The van der Waals surface area contributed by atoms with Crippen molar-refractivity contribution in [2.75, 3.05) is 24.2 Å². The molecule has 1 aromatic carbocycles. The van der Waals surface area contributed by atoms with E-state index in [9.17, 15) is 9.59 Å². The maximum atomic E-state index is 12.8. The molecule has 8 nitrogen and oxygen atoms in total. The van der Waals surface area contributed by atoms with E-state index in [4.69, 9.17) is 9.51 Å². The molecule has 30 heavy (non-hydrogen) atoms. The number of H-pyrrole nitrogens is 1. The van der Waals surface area contributed by atoms with Crippen LogP contribution in [0.3, 0.4) is 0 Å². The fraction of sp³-hybridized carbons (Fsp3) is 0.429. The second-order valence-corrected chi connectivity index (χ2v) is 8.91. The van der Waals surface area contributed by atoms with Crippen molar-refractivity contribution >= 4 is 40.4 Å². The van der Waals surface area contributed by atoms with Crippen molar-refractivity contribution in [1.82, 2.24) is 20.0 Å². The molecule has 3 heterocycles. The van der Waals surface area contributed by atoms with Crippen molar-refractivity contribution in [2.45, 2.75) is 37.9 Å². The number of carbonyl (C=O) groups excluding carboxylic acids is 2. The van der Waals surface area contributed by atoms with E-state index in [0.29, 0.717) is 18.1 Å². The number of aromatic nitrogens is 3. The third-order valence-electron chi connectivity index (χ3n) is 5.27. The Morgan fingerprint density at radius 1 is 1.40 bits per heavy atom. The third-order valence-corrected chi connectivity index (χ3v) is 6.40. The van der Waals surface area contributed by atoms with Crippen LogP contribution in [0.2, 0.25) is 0 Å². The summed E-state index contributed by atoms with van der Waals surface area (Å²) in [4.78, 5) is 35.0. The van der Waals surface area contributed by atoms with Gasteiger partial charge in [-0.2, -0.15) is 0 Å². The highest BCUT2D eigenvalue weighted by atomic mass is 32.2. The van der Waals surface area contributed by atoms with Crippen LogP contribution in [-0.4, -0.2) is 55.9 Å². The quantitative estimate of drug-likeness (QED) is 0.625. The Morgan fingerprint density at radius 2 is 2.23 bits per heavy atom. The van der Waals surface area contributed by atoms with Crippen LogP contribution in [0.25, 0.3) is 11.0 Å². The van der Waals surface area contributed by atoms with Crippen LogP contribution in [0.5, 0.6) is 0 Å². The zero-order chi connectivity index (χ0) is 21.1. The SMILES string of the molecule is Cc1cc(NC(=O)C(C)SCC(=O)N2CCCC(c3nc4ccccc4[nH]3)C2)no1. The molecule has 0 aliphatic carbocycles. The molecule has 1 saturated heterocycles. The molecule has 2 N–H and O–H groups in total. The van der Waals surface area contributed by atoms with Gasteiger partial charge in [-0.05, 0) is 38.8 Å². The zero-order valence-corrected chi connectivity index (χ0v) is 17.9. The molecule has 0 radical (unpaired) electrons.